The first-order valence-electron chi connectivity index (χ1n) is 5.47. The van der Waals surface area contributed by atoms with Crippen molar-refractivity contribution < 1.29 is 14.1 Å². The molecule has 1 aromatic heterocycles. The second kappa shape index (κ2) is 6.36. The molecule has 0 saturated carbocycles. The maximum absolute atomic E-state index is 11.5. The molecule has 6 heteroatoms. The van der Waals surface area contributed by atoms with Gasteiger partial charge in [0.2, 0.25) is 0 Å². The molecule has 96 valence electrons. The van der Waals surface area contributed by atoms with E-state index in [2.05, 4.69) is 15.8 Å². The summed E-state index contributed by atoms with van der Waals surface area (Å²) in [4.78, 5) is 11.5. The van der Waals surface area contributed by atoms with E-state index < -0.39 is 0 Å². The number of aromatic nitrogens is 1. The molecule has 1 heterocycles. The minimum atomic E-state index is -0.376. The van der Waals surface area contributed by atoms with E-state index in [0.717, 1.165) is 17.0 Å². The van der Waals surface area contributed by atoms with Gasteiger partial charge in [-0.05, 0) is 20.9 Å². The number of ether oxygens (including phenoxy) is 1. The Bertz CT molecular complexity index is 357. The number of rotatable bonds is 6. The summed E-state index contributed by atoms with van der Waals surface area (Å²) in [5.74, 6) is 0.481. The van der Waals surface area contributed by atoms with Crippen LogP contribution in [0.5, 0.6) is 0 Å². The van der Waals surface area contributed by atoms with Crippen molar-refractivity contribution in [3.63, 3.8) is 0 Å². The van der Waals surface area contributed by atoms with E-state index in [0.29, 0.717) is 13.1 Å². The fourth-order valence-corrected chi connectivity index (χ4v) is 1.56. The zero-order valence-corrected chi connectivity index (χ0v) is 10.7. The fourth-order valence-electron chi connectivity index (χ4n) is 1.56. The summed E-state index contributed by atoms with van der Waals surface area (Å²) in [5.41, 5.74) is 1.82. The van der Waals surface area contributed by atoms with Gasteiger partial charge < -0.3 is 14.6 Å². The van der Waals surface area contributed by atoms with Crippen LogP contribution in [0.2, 0.25) is 0 Å². The maximum Gasteiger partial charge on any atom is 0.324 e. The van der Waals surface area contributed by atoms with E-state index >= 15 is 0 Å². The Morgan fingerprint density at radius 1 is 1.53 bits per heavy atom. The van der Waals surface area contributed by atoms with E-state index in [1.165, 1.54) is 7.11 Å². The molecule has 0 aromatic carbocycles. The summed E-state index contributed by atoms with van der Waals surface area (Å²) in [6.45, 7) is 4.76. The molecule has 1 unspecified atom stereocenters. The van der Waals surface area contributed by atoms with Crippen molar-refractivity contribution in [1.29, 1.82) is 0 Å². The van der Waals surface area contributed by atoms with Crippen LogP contribution < -0.4 is 10.6 Å². The number of hydrogen-bond donors (Lipinski definition) is 2. The molecule has 2 N–H and O–H groups in total. The van der Waals surface area contributed by atoms with Gasteiger partial charge in [-0.15, -0.1) is 0 Å². The van der Waals surface area contributed by atoms with Gasteiger partial charge in [-0.25, -0.2) is 0 Å². The standard InChI is InChI=1S/C11H19N3O3/c1-7-9(8(2)17-14-7)5-13-10(6-12-3)11(15)16-4/h10,12-13H,5-6H2,1-4H3. The number of nitrogens with one attached hydrogen (secondary N) is 2. The maximum atomic E-state index is 11.5. The van der Waals surface area contributed by atoms with Crippen LogP contribution in [0.25, 0.3) is 0 Å². The number of carbonyl (C=O) groups is 1. The molecule has 0 spiro atoms. The molecule has 1 rings (SSSR count). The molecule has 0 aliphatic heterocycles. The SMILES string of the molecule is CNCC(NCc1c(C)noc1C)C(=O)OC. The van der Waals surface area contributed by atoms with Crippen LogP contribution in [0.4, 0.5) is 0 Å². The van der Waals surface area contributed by atoms with E-state index in [1.807, 2.05) is 13.8 Å². The highest BCUT2D eigenvalue weighted by atomic mass is 16.5. The molecule has 0 aliphatic rings. The predicted octanol–water partition coefficient (Wildman–Crippen LogP) is 0.142. The van der Waals surface area contributed by atoms with Crippen molar-refractivity contribution in [2.75, 3.05) is 20.7 Å². The average Bonchev–Trinajstić information content (AvgIpc) is 2.64. The third kappa shape index (κ3) is 3.54. The largest absolute Gasteiger partial charge is 0.468 e. The lowest BCUT2D eigenvalue weighted by atomic mass is 10.2. The van der Waals surface area contributed by atoms with Gasteiger partial charge in [0, 0.05) is 18.7 Å². The van der Waals surface area contributed by atoms with Gasteiger partial charge in [0.05, 0.1) is 12.8 Å². The van der Waals surface area contributed by atoms with Gasteiger partial charge in [0.25, 0.3) is 0 Å². The number of aryl methyl sites for hydroxylation is 2. The zero-order valence-electron chi connectivity index (χ0n) is 10.7. The first kappa shape index (κ1) is 13.7. The van der Waals surface area contributed by atoms with Crippen LogP contribution in [-0.4, -0.2) is 37.9 Å². The Kier molecular flexibility index (Phi) is 5.11. The van der Waals surface area contributed by atoms with Crippen molar-refractivity contribution in [1.82, 2.24) is 15.8 Å². The van der Waals surface area contributed by atoms with Gasteiger partial charge in [-0.1, -0.05) is 5.16 Å². The Balaban J connectivity index is 2.60. The monoisotopic (exact) mass is 241 g/mol. The molecule has 1 aromatic rings. The highest BCUT2D eigenvalue weighted by molar-refractivity contribution is 5.75. The minimum absolute atomic E-state index is 0.286. The quantitative estimate of drug-likeness (QED) is 0.690. The fraction of sp³-hybridized carbons (Fsp3) is 0.636. The predicted molar refractivity (Wildman–Crippen MR) is 62.5 cm³/mol. The highest BCUT2D eigenvalue weighted by Crippen LogP contribution is 2.11. The van der Waals surface area contributed by atoms with Crippen LogP contribution in [-0.2, 0) is 16.1 Å². The molecule has 0 fully saturated rings. The van der Waals surface area contributed by atoms with E-state index in [4.69, 9.17) is 9.26 Å². The minimum Gasteiger partial charge on any atom is -0.468 e. The van der Waals surface area contributed by atoms with Crippen molar-refractivity contribution in [2.45, 2.75) is 26.4 Å². The smallest absolute Gasteiger partial charge is 0.324 e. The van der Waals surface area contributed by atoms with Crippen molar-refractivity contribution >= 4 is 5.97 Å². The van der Waals surface area contributed by atoms with Crippen molar-refractivity contribution in [3.8, 4) is 0 Å². The molecule has 0 aliphatic carbocycles. The summed E-state index contributed by atoms with van der Waals surface area (Å²) >= 11 is 0. The van der Waals surface area contributed by atoms with Gasteiger partial charge in [0.15, 0.2) is 0 Å². The van der Waals surface area contributed by atoms with Crippen LogP contribution in [0, 0.1) is 13.8 Å². The number of nitrogens with zero attached hydrogens (tertiary/aromatic N) is 1. The molecule has 0 radical (unpaired) electrons. The Hall–Kier alpha value is -1.40. The van der Waals surface area contributed by atoms with Gasteiger partial charge >= 0.3 is 5.97 Å². The number of carbonyl (C=O) groups excluding carboxylic acids is 1. The number of methoxy groups -OCH3 is 1. The lowest BCUT2D eigenvalue weighted by Crippen LogP contribution is -2.44. The number of likely N-dealkylation sites (N-methyl/N-ethyl adjacent to an activating group) is 1. The second-order valence-corrected chi connectivity index (χ2v) is 3.82. The molecule has 6 nitrogen and oxygen atoms in total. The zero-order chi connectivity index (χ0) is 12.8. The highest BCUT2D eigenvalue weighted by Gasteiger charge is 2.19. The van der Waals surface area contributed by atoms with Crippen LogP contribution in [0.3, 0.4) is 0 Å². The van der Waals surface area contributed by atoms with Crippen molar-refractivity contribution in [2.24, 2.45) is 0 Å². The molecule has 0 amide bonds. The number of hydrogen-bond acceptors (Lipinski definition) is 6. The Morgan fingerprint density at radius 3 is 2.71 bits per heavy atom. The summed E-state index contributed by atoms with van der Waals surface area (Å²) in [6, 6.07) is -0.376. The molecular weight excluding hydrogens is 222 g/mol. The Morgan fingerprint density at radius 2 is 2.24 bits per heavy atom. The second-order valence-electron chi connectivity index (χ2n) is 3.82. The lowest BCUT2D eigenvalue weighted by Gasteiger charge is -2.15. The molecule has 0 saturated heterocycles. The van der Waals surface area contributed by atoms with Gasteiger partial charge in [-0.3, -0.25) is 10.1 Å². The summed E-state index contributed by atoms with van der Waals surface area (Å²) < 4.78 is 9.77. The molecular formula is C11H19N3O3. The van der Waals surface area contributed by atoms with Gasteiger partial charge in [-0.2, -0.15) is 0 Å². The normalized spacial score (nSPS) is 12.5. The van der Waals surface area contributed by atoms with E-state index in [-0.39, 0.29) is 12.0 Å². The lowest BCUT2D eigenvalue weighted by molar-refractivity contribution is -0.143. The first-order valence-corrected chi connectivity index (χ1v) is 5.47. The van der Waals surface area contributed by atoms with Crippen molar-refractivity contribution in [3.05, 3.63) is 17.0 Å². The van der Waals surface area contributed by atoms with Crippen LogP contribution in [0.1, 0.15) is 17.0 Å². The van der Waals surface area contributed by atoms with E-state index in [1.54, 1.807) is 7.05 Å². The topological polar surface area (TPSA) is 76.4 Å². The summed E-state index contributed by atoms with van der Waals surface area (Å²) in [6.07, 6.45) is 0. The summed E-state index contributed by atoms with van der Waals surface area (Å²) in [7, 11) is 3.16. The Labute approximate surface area is 101 Å². The first-order chi connectivity index (χ1) is 8.10. The molecule has 0 bridgehead atoms. The van der Waals surface area contributed by atoms with Crippen LogP contribution >= 0.6 is 0 Å². The summed E-state index contributed by atoms with van der Waals surface area (Å²) in [5, 5.41) is 9.92. The third-order valence-electron chi connectivity index (χ3n) is 2.60. The molecule has 1 atom stereocenters. The van der Waals surface area contributed by atoms with Crippen LogP contribution in [0.15, 0.2) is 4.52 Å². The third-order valence-corrected chi connectivity index (χ3v) is 2.60. The van der Waals surface area contributed by atoms with E-state index in [9.17, 15) is 4.79 Å². The van der Waals surface area contributed by atoms with Gasteiger partial charge in [0.1, 0.15) is 11.8 Å². The average molecular weight is 241 g/mol. The molecule has 17 heavy (non-hydrogen) atoms. The number of esters is 1.